The summed E-state index contributed by atoms with van der Waals surface area (Å²) in [6.07, 6.45) is 4.62. The molecule has 28 heavy (non-hydrogen) atoms. The van der Waals surface area contributed by atoms with E-state index >= 15 is 0 Å². The highest BCUT2D eigenvalue weighted by Gasteiger charge is 2.16. The molecule has 142 valence electrons. The molecule has 0 aliphatic carbocycles. The number of hydrogen-bond donors (Lipinski definition) is 1. The summed E-state index contributed by atoms with van der Waals surface area (Å²) in [5.74, 6) is 1.89. The van der Waals surface area contributed by atoms with Crippen LogP contribution in [0.15, 0.2) is 47.6 Å². The molecule has 4 rings (SSSR count). The molecule has 9 heteroatoms. The number of aromatic nitrogens is 4. The number of rotatable bonds is 4. The highest BCUT2D eigenvalue weighted by Crippen LogP contribution is 2.36. The molecule has 0 amide bonds. The van der Waals surface area contributed by atoms with Crippen LogP contribution in [0.1, 0.15) is 10.8 Å². The Balaban J connectivity index is 1.84. The fraction of sp³-hybridized carbons (Fsp3) is 0.158. The van der Waals surface area contributed by atoms with Crippen LogP contribution in [0.5, 0.6) is 0 Å². The van der Waals surface area contributed by atoms with Crippen LogP contribution >= 0.6 is 11.3 Å². The molecule has 3 aromatic heterocycles. The van der Waals surface area contributed by atoms with E-state index in [4.69, 9.17) is 0 Å². The molecule has 0 spiro atoms. The summed E-state index contributed by atoms with van der Waals surface area (Å²) in [6, 6.07) is 8.64. The quantitative estimate of drug-likeness (QED) is 0.543. The first-order valence-corrected chi connectivity index (χ1v) is 11.2. The Labute approximate surface area is 166 Å². The van der Waals surface area contributed by atoms with E-state index in [2.05, 4.69) is 25.3 Å². The normalized spacial score (nSPS) is 11.7. The second kappa shape index (κ2) is 6.92. The topological polar surface area (TPSA) is 97.7 Å². The van der Waals surface area contributed by atoms with Gasteiger partial charge in [-0.25, -0.2) is 28.4 Å². The molecule has 0 bridgehead atoms. The first-order valence-electron chi connectivity index (χ1n) is 8.44. The fourth-order valence-electron chi connectivity index (χ4n) is 2.86. The maximum Gasteiger partial charge on any atom is 0.175 e. The smallest absolute Gasteiger partial charge is 0.175 e. The van der Waals surface area contributed by atoms with E-state index in [-0.39, 0.29) is 4.90 Å². The molecule has 0 saturated heterocycles. The average molecular weight is 412 g/mol. The lowest BCUT2D eigenvalue weighted by Crippen LogP contribution is -2.00. The lowest BCUT2D eigenvalue weighted by atomic mass is 10.1. The average Bonchev–Trinajstić information content (AvgIpc) is 3.03. The molecular formula is C19H17N5O2S2. The standard InChI is InChI=1S/C19H17N5O2S2/c1-11-20-8-7-16(22-11)24-19-17-18(27-12(2)23-17)15(10-21-19)13-5-4-6-14(9-13)28(3,25)26/h4-10H,1-3H3,(H,20,21,22,24). The zero-order valence-electron chi connectivity index (χ0n) is 15.5. The Morgan fingerprint density at radius 2 is 1.89 bits per heavy atom. The van der Waals surface area contributed by atoms with E-state index in [1.54, 1.807) is 48.0 Å². The number of sulfone groups is 1. The van der Waals surface area contributed by atoms with Crippen molar-refractivity contribution in [3.8, 4) is 11.1 Å². The number of benzene rings is 1. The van der Waals surface area contributed by atoms with E-state index < -0.39 is 9.84 Å². The molecule has 4 aromatic rings. The molecule has 0 atom stereocenters. The van der Waals surface area contributed by atoms with Crippen LogP contribution in [0, 0.1) is 13.8 Å². The fourth-order valence-corrected chi connectivity index (χ4v) is 4.48. The van der Waals surface area contributed by atoms with Crippen molar-refractivity contribution in [1.82, 2.24) is 19.9 Å². The summed E-state index contributed by atoms with van der Waals surface area (Å²) >= 11 is 1.54. The zero-order chi connectivity index (χ0) is 19.9. The van der Waals surface area contributed by atoms with Crippen LogP contribution < -0.4 is 5.32 Å². The highest BCUT2D eigenvalue weighted by molar-refractivity contribution is 7.90. The molecule has 1 aromatic carbocycles. The van der Waals surface area contributed by atoms with Gasteiger partial charge in [0.25, 0.3) is 0 Å². The van der Waals surface area contributed by atoms with Gasteiger partial charge in [-0.05, 0) is 37.6 Å². The van der Waals surface area contributed by atoms with Crippen molar-refractivity contribution < 1.29 is 8.42 Å². The van der Waals surface area contributed by atoms with Gasteiger partial charge in [-0.1, -0.05) is 12.1 Å². The summed E-state index contributed by atoms with van der Waals surface area (Å²) in [7, 11) is -3.29. The largest absolute Gasteiger partial charge is 0.323 e. The number of anilines is 2. The van der Waals surface area contributed by atoms with Gasteiger partial charge in [0, 0.05) is 24.2 Å². The molecule has 0 aliphatic heterocycles. The van der Waals surface area contributed by atoms with Crippen molar-refractivity contribution in [3.63, 3.8) is 0 Å². The van der Waals surface area contributed by atoms with E-state index in [9.17, 15) is 8.42 Å². The van der Waals surface area contributed by atoms with Crippen LogP contribution in [0.3, 0.4) is 0 Å². The number of aryl methyl sites for hydroxylation is 2. The van der Waals surface area contributed by atoms with Gasteiger partial charge < -0.3 is 5.32 Å². The number of thiazole rings is 1. The Kier molecular flexibility index (Phi) is 4.56. The summed E-state index contributed by atoms with van der Waals surface area (Å²) in [4.78, 5) is 17.9. The molecule has 0 aliphatic rings. The van der Waals surface area contributed by atoms with Crippen LogP contribution in [0.4, 0.5) is 11.6 Å². The van der Waals surface area contributed by atoms with Crippen molar-refractivity contribution in [1.29, 1.82) is 0 Å². The van der Waals surface area contributed by atoms with Crippen molar-refractivity contribution in [2.45, 2.75) is 18.7 Å². The Bertz CT molecular complexity index is 1300. The first kappa shape index (κ1) is 18.5. The van der Waals surface area contributed by atoms with Gasteiger partial charge in [-0.3, -0.25) is 0 Å². The predicted molar refractivity (Wildman–Crippen MR) is 111 cm³/mol. The molecule has 7 nitrogen and oxygen atoms in total. The van der Waals surface area contributed by atoms with Gasteiger partial charge >= 0.3 is 0 Å². The minimum atomic E-state index is -3.29. The number of fused-ring (bicyclic) bond motifs is 1. The van der Waals surface area contributed by atoms with Gasteiger partial charge in [0.1, 0.15) is 17.2 Å². The molecule has 0 fully saturated rings. The molecule has 0 saturated carbocycles. The third-order valence-electron chi connectivity index (χ3n) is 4.12. The van der Waals surface area contributed by atoms with E-state index in [1.165, 1.54) is 6.26 Å². The van der Waals surface area contributed by atoms with E-state index in [0.29, 0.717) is 17.5 Å². The number of nitrogens with one attached hydrogen (secondary N) is 1. The van der Waals surface area contributed by atoms with Gasteiger partial charge in [0.15, 0.2) is 15.7 Å². The minimum Gasteiger partial charge on any atom is -0.323 e. The number of nitrogens with zero attached hydrogens (tertiary/aromatic N) is 4. The molecule has 0 unspecified atom stereocenters. The first-order chi connectivity index (χ1) is 13.3. The Morgan fingerprint density at radius 3 is 2.64 bits per heavy atom. The van der Waals surface area contributed by atoms with Crippen molar-refractivity contribution in [2.75, 3.05) is 11.6 Å². The lowest BCUT2D eigenvalue weighted by molar-refractivity contribution is 0.602. The molecular weight excluding hydrogens is 394 g/mol. The van der Waals surface area contributed by atoms with E-state index in [0.717, 1.165) is 26.4 Å². The highest BCUT2D eigenvalue weighted by atomic mass is 32.2. The third-order valence-corrected chi connectivity index (χ3v) is 6.24. The molecule has 3 heterocycles. The van der Waals surface area contributed by atoms with Crippen molar-refractivity contribution >= 4 is 43.0 Å². The minimum absolute atomic E-state index is 0.276. The lowest BCUT2D eigenvalue weighted by Gasteiger charge is -2.09. The van der Waals surface area contributed by atoms with Gasteiger partial charge in [-0.15, -0.1) is 11.3 Å². The van der Waals surface area contributed by atoms with E-state index in [1.807, 2.05) is 19.9 Å². The SMILES string of the molecule is Cc1nccc(Nc2ncc(-c3cccc(S(C)(=O)=O)c3)c3sc(C)nc23)n1. The molecule has 0 radical (unpaired) electrons. The third kappa shape index (κ3) is 3.58. The van der Waals surface area contributed by atoms with Crippen LogP contribution in [0.25, 0.3) is 21.3 Å². The zero-order valence-corrected chi connectivity index (χ0v) is 17.1. The van der Waals surface area contributed by atoms with Crippen molar-refractivity contribution in [2.24, 2.45) is 0 Å². The van der Waals surface area contributed by atoms with Crippen molar-refractivity contribution in [3.05, 3.63) is 53.6 Å². The molecule has 1 N–H and O–H groups in total. The second-order valence-electron chi connectivity index (χ2n) is 6.35. The summed E-state index contributed by atoms with van der Waals surface area (Å²) in [5.41, 5.74) is 2.35. The second-order valence-corrected chi connectivity index (χ2v) is 9.56. The summed E-state index contributed by atoms with van der Waals surface area (Å²) < 4.78 is 24.8. The van der Waals surface area contributed by atoms with Gasteiger partial charge in [0.2, 0.25) is 0 Å². The summed E-state index contributed by atoms with van der Waals surface area (Å²) in [5, 5.41) is 4.10. The van der Waals surface area contributed by atoms with Gasteiger partial charge in [-0.2, -0.15) is 0 Å². The van der Waals surface area contributed by atoms with Crippen LogP contribution in [-0.2, 0) is 9.84 Å². The maximum absolute atomic E-state index is 11.9. The monoisotopic (exact) mass is 411 g/mol. The maximum atomic E-state index is 11.9. The van der Waals surface area contributed by atoms with Gasteiger partial charge in [0.05, 0.1) is 14.6 Å². The predicted octanol–water partition coefficient (Wildman–Crippen LogP) is 3.91. The summed E-state index contributed by atoms with van der Waals surface area (Å²) in [6.45, 7) is 3.75. The van der Waals surface area contributed by atoms with Crippen LogP contribution in [0.2, 0.25) is 0 Å². The number of hydrogen-bond acceptors (Lipinski definition) is 8. The Morgan fingerprint density at radius 1 is 1.07 bits per heavy atom. The Hall–Kier alpha value is -2.91. The number of pyridine rings is 1. The van der Waals surface area contributed by atoms with Crippen LogP contribution in [-0.4, -0.2) is 34.6 Å².